The molecule has 0 aromatic rings. The minimum absolute atomic E-state index is 0.241. The summed E-state index contributed by atoms with van der Waals surface area (Å²) in [6.45, 7) is 11.4. The first-order valence-electron chi connectivity index (χ1n) is 6.96. The van der Waals surface area contributed by atoms with Crippen molar-refractivity contribution in [1.82, 2.24) is 4.90 Å². The van der Waals surface area contributed by atoms with Gasteiger partial charge in [0.15, 0.2) is 0 Å². The maximum absolute atomic E-state index is 8.70. The van der Waals surface area contributed by atoms with E-state index < -0.39 is 0 Å². The van der Waals surface area contributed by atoms with Crippen LogP contribution in [0.15, 0.2) is 0 Å². The van der Waals surface area contributed by atoms with Crippen LogP contribution >= 0.6 is 0 Å². The standard InChI is InChI=1S/C14H29NO2/c1-14(2,3)7-10-15-8-5-13(6-9-15)17-12-4-11-16/h13,16H,4-12H2,1-3H3. The highest BCUT2D eigenvalue weighted by Crippen LogP contribution is 2.21. The monoisotopic (exact) mass is 243 g/mol. The van der Waals surface area contributed by atoms with Gasteiger partial charge >= 0.3 is 0 Å². The van der Waals surface area contributed by atoms with Crippen molar-refractivity contribution >= 4 is 0 Å². The minimum Gasteiger partial charge on any atom is -0.396 e. The fourth-order valence-electron chi connectivity index (χ4n) is 2.11. The Hall–Kier alpha value is -0.120. The van der Waals surface area contributed by atoms with E-state index in [2.05, 4.69) is 25.7 Å². The number of aliphatic hydroxyl groups excluding tert-OH is 1. The highest BCUT2D eigenvalue weighted by Gasteiger charge is 2.20. The lowest BCUT2D eigenvalue weighted by Gasteiger charge is -2.33. The summed E-state index contributed by atoms with van der Waals surface area (Å²) in [7, 11) is 0. The largest absolute Gasteiger partial charge is 0.396 e. The summed E-state index contributed by atoms with van der Waals surface area (Å²) in [5.41, 5.74) is 0.439. The van der Waals surface area contributed by atoms with E-state index in [9.17, 15) is 0 Å². The molecule has 0 spiro atoms. The number of piperidine rings is 1. The van der Waals surface area contributed by atoms with Gasteiger partial charge in [0.1, 0.15) is 0 Å². The molecule has 0 saturated carbocycles. The second-order valence-corrected chi connectivity index (χ2v) is 6.30. The van der Waals surface area contributed by atoms with Crippen LogP contribution in [0.1, 0.15) is 46.5 Å². The van der Waals surface area contributed by atoms with E-state index in [1.807, 2.05) is 0 Å². The third kappa shape index (κ3) is 7.02. The molecule has 3 nitrogen and oxygen atoms in total. The van der Waals surface area contributed by atoms with Crippen molar-refractivity contribution in [2.75, 3.05) is 32.8 Å². The molecule has 0 aromatic carbocycles. The van der Waals surface area contributed by atoms with Gasteiger partial charge in [0.05, 0.1) is 6.10 Å². The second-order valence-electron chi connectivity index (χ2n) is 6.30. The predicted molar refractivity (Wildman–Crippen MR) is 71.2 cm³/mol. The van der Waals surface area contributed by atoms with Gasteiger partial charge in [-0.2, -0.15) is 0 Å². The molecule has 1 rings (SSSR count). The number of hydrogen-bond donors (Lipinski definition) is 1. The van der Waals surface area contributed by atoms with Crippen LogP contribution in [-0.4, -0.2) is 49.0 Å². The molecule has 1 N–H and O–H groups in total. The van der Waals surface area contributed by atoms with Gasteiger partial charge in [-0.15, -0.1) is 0 Å². The maximum atomic E-state index is 8.70. The average Bonchev–Trinajstić information content (AvgIpc) is 2.27. The Balaban J connectivity index is 2.09. The molecule has 3 heteroatoms. The van der Waals surface area contributed by atoms with E-state index in [0.717, 1.165) is 19.3 Å². The Kier molecular flexibility index (Phi) is 6.45. The zero-order valence-corrected chi connectivity index (χ0v) is 11.7. The van der Waals surface area contributed by atoms with E-state index in [1.54, 1.807) is 0 Å². The van der Waals surface area contributed by atoms with Crippen LogP contribution in [0.4, 0.5) is 0 Å². The second kappa shape index (κ2) is 7.34. The quantitative estimate of drug-likeness (QED) is 0.727. The van der Waals surface area contributed by atoms with E-state index >= 15 is 0 Å². The Morgan fingerprint density at radius 2 is 1.88 bits per heavy atom. The van der Waals surface area contributed by atoms with Crippen molar-refractivity contribution in [2.45, 2.75) is 52.6 Å². The first-order valence-corrected chi connectivity index (χ1v) is 6.96. The normalized spacial score (nSPS) is 19.8. The van der Waals surface area contributed by atoms with Crippen molar-refractivity contribution in [3.05, 3.63) is 0 Å². The number of nitrogens with zero attached hydrogens (tertiary/aromatic N) is 1. The fraction of sp³-hybridized carbons (Fsp3) is 1.00. The summed E-state index contributed by atoms with van der Waals surface area (Å²) in [6, 6.07) is 0. The average molecular weight is 243 g/mol. The molecule has 0 bridgehead atoms. The maximum Gasteiger partial charge on any atom is 0.0599 e. The summed E-state index contributed by atoms with van der Waals surface area (Å²) >= 11 is 0. The van der Waals surface area contributed by atoms with Gasteiger partial charge in [-0.3, -0.25) is 0 Å². The topological polar surface area (TPSA) is 32.7 Å². The van der Waals surface area contributed by atoms with E-state index in [-0.39, 0.29) is 6.61 Å². The molecule has 1 saturated heterocycles. The van der Waals surface area contributed by atoms with Gasteiger partial charge in [0.2, 0.25) is 0 Å². The van der Waals surface area contributed by atoms with Crippen LogP contribution < -0.4 is 0 Å². The summed E-state index contributed by atoms with van der Waals surface area (Å²) in [4.78, 5) is 2.55. The molecule has 1 aliphatic heterocycles. The predicted octanol–water partition coefficient (Wildman–Crippen LogP) is 2.29. The highest BCUT2D eigenvalue weighted by molar-refractivity contribution is 4.74. The SMILES string of the molecule is CC(C)(C)CCN1CCC(OCCCO)CC1. The zero-order valence-electron chi connectivity index (χ0n) is 11.7. The molecular weight excluding hydrogens is 214 g/mol. The Morgan fingerprint density at radius 1 is 1.24 bits per heavy atom. The van der Waals surface area contributed by atoms with Gasteiger partial charge < -0.3 is 14.7 Å². The third-order valence-electron chi connectivity index (χ3n) is 3.37. The van der Waals surface area contributed by atoms with Crippen molar-refractivity contribution in [1.29, 1.82) is 0 Å². The van der Waals surface area contributed by atoms with E-state index in [0.29, 0.717) is 18.1 Å². The molecule has 1 aliphatic rings. The van der Waals surface area contributed by atoms with Crippen LogP contribution in [-0.2, 0) is 4.74 Å². The van der Waals surface area contributed by atoms with Gasteiger partial charge in [-0.05, 0) is 37.6 Å². The number of ether oxygens (including phenoxy) is 1. The Labute approximate surface area is 106 Å². The number of aliphatic hydroxyl groups is 1. The van der Waals surface area contributed by atoms with Gasteiger partial charge in [0.25, 0.3) is 0 Å². The first kappa shape index (κ1) is 14.9. The molecule has 0 radical (unpaired) electrons. The lowest BCUT2D eigenvalue weighted by atomic mass is 9.91. The van der Waals surface area contributed by atoms with Gasteiger partial charge in [-0.1, -0.05) is 20.8 Å². The number of hydrogen-bond acceptors (Lipinski definition) is 3. The Morgan fingerprint density at radius 3 is 2.41 bits per heavy atom. The van der Waals surface area contributed by atoms with Crippen molar-refractivity contribution in [2.24, 2.45) is 5.41 Å². The molecule has 1 fully saturated rings. The molecule has 0 amide bonds. The van der Waals surface area contributed by atoms with E-state index in [1.165, 1.54) is 26.1 Å². The molecule has 17 heavy (non-hydrogen) atoms. The molecule has 0 aromatic heterocycles. The molecule has 0 unspecified atom stereocenters. The third-order valence-corrected chi connectivity index (χ3v) is 3.37. The summed E-state index contributed by atoms with van der Waals surface area (Å²) < 4.78 is 5.73. The molecule has 0 atom stereocenters. The van der Waals surface area contributed by atoms with Crippen LogP contribution in [0, 0.1) is 5.41 Å². The summed E-state index contributed by atoms with van der Waals surface area (Å²) in [6.07, 6.45) is 4.76. The van der Waals surface area contributed by atoms with Crippen LogP contribution in [0.2, 0.25) is 0 Å². The molecule has 0 aliphatic carbocycles. The van der Waals surface area contributed by atoms with Crippen LogP contribution in [0.25, 0.3) is 0 Å². The fourth-order valence-corrected chi connectivity index (χ4v) is 2.11. The van der Waals surface area contributed by atoms with E-state index in [4.69, 9.17) is 9.84 Å². The molecule has 102 valence electrons. The van der Waals surface area contributed by atoms with Crippen LogP contribution in [0.5, 0.6) is 0 Å². The highest BCUT2D eigenvalue weighted by atomic mass is 16.5. The lowest BCUT2D eigenvalue weighted by Crippen LogP contribution is -2.38. The first-order chi connectivity index (χ1) is 8.01. The van der Waals surface area contributed by atoms with Crippen molar-refractivity contribution < 1.29 is 9.84 Å². The molecular formula is C14H29NO2. The summed E-state index contributed by atoms with van der Waals surface area (Å²) in [5.74, 6) is 0. The van der Waals surface area contributed by atoms with Crippen molar-refractivity contribution in [3.8, 4) is 0 Å². The Bertz CT molecular complexity index is 193. The lowest BCUT2D eigenvalue weighted by molar-refractivity contribution is 0.000827. The van der Waals surface area contributed by atoms with Gasteiger partial charge in [-0.25, -0.2) is 0 Å². The van der Waals surface area contributed by atoms with Gasteiger partial charge in [0, 0.05) is 26.3 Å². The number of likely N-dealkylation sites (tertiary alicyclic amines) is 1. The molecule has 1 heterocycles. The van der Waals surface area contributed by atoms with Crippen molar-refractivity contribution in [3.63, 3.8) is 0 Å². The van der Waals surface area contributed by atoms with Crippen LogP contribution in [0.3, 0.4) is 0 Å². The minimum atomic E-state index is 0.241. The smallest absolute Gasteiger partial charge is 0.0599 e. The number of rotatable bonds is 6. The summed E-state index contributed by atoms with van der Waals surface area (Å²) in [5, 5.41) is 8.70. The zero-order chi connectivity index (χ0) is 12.7.